The molecule has 1 aromatic heterocycles. The summed E-state index contributed by atoms with van der Waals surface area (Å²) in [6.07, 6.45) is 3.54. The molecule has 1 aromatic rings. The van der Waals surface area contributed by atoms with Crippen molar-refractivity contribution < 1.29 is 9.53 Å². The van der Waals surface area contributed by atoms with Crippen LogP contribution in [0.4, 0.5) is 5.95 Å². The Bertz CT molecular complexity index is 449. The summed E-state index contributed by atoms with van der Waals surface area (Å²) >= 11 is 0. The summed E-state index contributed by atoms with van der Waals surface area (Å²) in [4.78, 5) is 21.9. The zero-order chi connectivity index (χ0) is 14.5. The number of nitrogens with one attached hydrogen (secondary N) is 1. The van der Waals surface area contributed by atoms with E-state index in [-0.39, 0.29) is 6.61 Å². The second kappa shape index (κ2) is 6.62. The first kappa shape index (κ1) is 14.7. The molecule has 0 saturated carbocycles. The molecule has 1 aliphatic heterocycles. The van der Waals surface area contributed by atoms with E-state index in [1.165, 1.54) is 0 Å². The number of hydrogen-bond donors (Lipinski definition) is 2. The lowest BCUT2D eigenvalue weighted by molar-refractivity contribution is -0.121. The predicted octanol–water partition coefficient (Wildman–Crippen LogP) is -0.335. The van der Waals surface area contributed by atoms with E-state index in [2.05, 4.69) is 29.1 Å². The molecule has 0 aliphatic carbocycles. The Morgan fingerprint density at radius 1 is 1.55 bits per heavy atom. The summed E-state index contributed by atoms with van der Waals surface area (Å²) in [6.45, 7) is 6.29. The van der Waals surface area contributed by atoms with Gasteiger partial charge in [0.2, 0.25) is 11.9 Å². The number of primary amides is 1. The third-order valence-corrected chi connectivity index (χ3v) is 3.12. The zero-order valence-corrected chi connectivity index (χ0v) is 11.9. The van der Waals surface area contributed by atoms with Gasteiger partial charge >= 0.3 is 0 Å². The number of carbonyl (C=O) groups excluding carboxylic acids is 1. The maximum atomic E-state index is 11.4. The minimum atomic E-state index is -0.497. The smallest absolute Gasteiger partial charge is 0.242 e. The molecule has 3 N–H and O–H groups in total. The molecule has 0 bridgehead atoms. The lowest BCUT2D eigenvalue weighted by Crippen LogP contribution is -2.53. The van der Waals surface area contributed by atoms with Crippen LogP contribution in [-0.2, 0) is 16.1 Å². The standard InChI is InChI=1S/C13H21N5O2/c1-9(2)15-5-10-6-16-13(17-7-10)18-3-4-20-8-11(18)12(14)19/h6-7,9,11,15H,3-5,8H2,1-2H3,(H2,14,19). The van der Waals surface area contributed by atoms with Gasteiger partial charge in [0.1, 0.15) is 6.04 Å². The van der Waals surface area contributed by atoms with Crippen molar-refractivity contribution in [3.05, 3.63) is 18.0 Å². The highest BCUT2D eigenvalue weighted by atomic mass is 16.5. The molecule has 110 valence electrons. The molecule has 1 saturated heterocycles. The van der Waals surface area contributed by atoms with E-state index >= 15 is 0 Å². The average molecular weight is 279 g/mol. The van der Waals surface area contributed by atoms with Gasteiger partial charge in [0.05, 0.1) is 13.2 Å². The molecule has 2 heterocycles. The summed E-state index contributed by atoms with van der Waals surface area (Å²) in [5, 5.41) is 3.30. The minimum Gasteiger partial charge on any atom is -0.377 e. The number of nitrogens with zero attached hydrogens (tertiary/aromatic N) is 3. The summed E-state index contributed by atoms with van der Waals surface area (Å²) < 4.78 is 5.28. The molecule has 1 unspecified atom stereocenters. The highest BCUT2D eigenvalue weighted by Crippen LogP contribution is 2.14. The van der Waals surface area contributed by atoms with Crippen LogP contribution >= 0.6 is 0 Å². The quantitative estimate of drug-likeness (QED) is 0.766. The number of hydrogen-bond acceptors (Lipinski definition) is 6. The van der Waals surface area contributed by atoms with E-state index in [9.17, 15) is 4.79 Å². The molecule has 1 aliphatic rings. The number of anilines is 1. The van der Waals surface area contributed by atoms with Crippen molar-refractivity contribution in [3.63, 3.8) is 0 Å². The van der Waals surface area contributed by atoms with E-state index < -0.39 is 11.9 Å². The molecule has 1 amide bonds. The van der Waals surface area contributed by atoms with Crippen molar-refractivity contribution in [2.75, 3.05) is 24.7 Å². The lowest BCUT2D eigenvalue weighted by atomic mass is 10.2. The fourth-order valence-electron chi connectivity index (χ4n) is 1.99. The number of nitrogens with two attached hydrogens (primary N) is 1. The molecular formula is C13H21N5O2. The number of morpholine rings is 1. The minimum absolute atomic E-state index is 0.287. The third kappa shape index (κ3) is 3.64. The van der Waals surface area contributed by atoms with Gasteiger partial charge in [-0.1, -0.05) is 13.8 Å². The molecule has 1 atom stereocenters. The Morgan fingerprint density at radius 3 is 2.85 bits per heavy atom. The van der Waals surface area contributed by atoms with Gasteiger partial charge in [0, 0.05) is 37.1 Å². The van der Waals surface area contributed by atoms with Crippen LogP contribution in [0.15, 0.2) is 12.4 Å². The van der Waals surface area contributed by atoms with Crippen LogP contribution < -0.4 is 16.0 Å². The average Bonchev–Trinajstić information content (AvgIpc) is 2.45. The maximum absolute atomic E-state index is 11.4. The van der Waals surface area contributed by atoms with Crippen LogP contribution in [-0.4, -0.2) is 47.7 Å². The first-order valence-electron chi connectivity index (χ1n) is 6.76. The number of amides is 1. The second-order valence-electron chi connectivity index (χ2n) is 5.11. The van der Waals surface area contributed by atoms with Crippen molar-refractivity contribution in [3.8, 4) is 0 Å². The zero-order valence-electron chi connectivity index (χ0n) is 11.9. The van der Waals surface area contributed by atoms with Crippen LogP contribution in [0.25, 0.3) is 0 Å². The van der Waals surface area contributed by atoms with Gasteiger partial charge in [-0.3, -0.25) is 4.79 Å². The van der Waals surface area contributed by atoms with Crippen LogP contribution in [0.1, 0.15) is 19.4 Å². The Hall–Kier alpha value is -1.73. The third-order valence-electron chi connectivity index (χ3n) is 3.12. The van der Waals surface area contributed by atoms with E-state index in [0.717, 1.165) is 12.1 Å². The van der Waals surface area contributed by atoms with Crippen LogP contribution in [0, 0.1) is 0 Å². The van der Waals surface area contributed by atoms with Gasteiger partial charge in [0.25, 0.3) is 0 Å². The SMILES string of the molecule is CC(C)NCc1cnc(N2CCOCC2C(N)=O)nc1. The summed E-state index contributed by atoms with van der Waals surface area (Å²) in [6, 6.07) is -0.0865. The van der Waals surface area contributed by atoms with Gasteiger partial charge < -0.3 is 20.7 Å². The fraction of sp³-hybridized carbons (Fsp3) is 0.615. The van der Waals surface area contributed by atoms with Crippen molar-refractivity contribution >= 4 is 11.9 Å². The van der Waals surface area contributed by atoms with E-state index in [1.54, 1.807) is 17.3 Å². The first-order chi connectivity index (χ1) is 9.58. The maximum Gasteiger partial charge on any atom is 0.242 e. The Morgan fingerprint density at radius 2 is 2.25 bits per heavy atom. The molecule has 2 rings (SSSR count). The summed E-state index contributed by atoms with van der Waals surface area (Å²) in [5.74, 6) is 0.101. The van der Waals surface area contributed by atoms with E-state index in [4.69, 9.17) is 10.5 Å². The topological polar surface area (TPSA) is 93.4 Å². The van der Waals surface area contributed by atoms with Crippen LogP contribution in [0.2, 0.25) is 0 Å². The molecule has 7 nitrogen and oxygen atoms in total. The first-order valence-corrected chi connectivity index (χ1v) is 6.76. The number of aromatic nitrogens is 2. The van der Waals surface area contributed by atoms with Gasteiger partial charge in [-0.25, -0.2) is 9.97 Å². The van der Waals surface area contributed by atoms with Gasteiger partial charge in [0.15, 0.2) is 0 Å². The van der Waals surface area contributed by atoms with E-state index in [1.807, 2.05) is 0 Å². The molecule has 1 fully saturated rings. The van der Waals surface area contributed by atoms with Crippen molar-refractivity contribution in [2.45, 2.75) is 32.5 Å². The Balaban J connectivity index is 2.06. The number of carbonyl (C=O) groups is 1. The largest absolute Gasteiger partial charge is 0.377 e. The molecular weight excluding hydrogens is 258 g/mol. The second-order valence-corrected chi connectivity index (χ2v) is 5.11. The summed E-state index contributed by atoms with van der Waals surface area (Å²) in [7, 11) is 0. The predicted molar refractivity (Wildman–Crippen MR) is 75.2 cm³/mol. The molecule has 0 radical (unpaired) electrons. The molecule has 0 spiro atoms. The van der Waals surface area contributed by atoms with Gasteiger partial charge in [-0.15, -0.1) is 0 Å². The van der Waals surface area contributed by atoms with Crippen molar-refractivity contribution in [2.24, 2.45) is 5.73 Å². The van der Waals surface area contributed by atoms with E-state index in [0.29, 0.717) is 25.1 Å². The monoisotopic (exact) mass is 279 g/mol. The van der Waals surface area contributed by atoms with Gasteiger partial charge in [-0.05, 0) is 0 Å². The van der Waals surface area contributed by atoms with Crippen LogP contribution in [0.5, 0.6) is 0 Å². The van der Waals surface area contributed by atoms with Gasteiger partial charge in [-0.2, -0.15) is 0 Å². The van der Waals surface area contributed by atoms with Crippen molar-refractivity contribution in [1.29, 1.82) is 0 Å². The van der Waals surface area contributed by atoms with Crippen LogP contribution in [0.3, 0.4) is 0 Å². The fourth-order valence-corrected chi connectivity index (χ4v) is 1.99. The Kier molecular flexibility index (Phi) is 4.86. The lowest BCUT2D eigenvalue weighted by Gasteiger charge is -2.33. The number of ether oxygens (including phenoxy) is 1. The highest BCUT2D eigenvalue weighted by Gasteiger charge is 2.29. The Labute approximate surface area is 118 Å². The molecule has 20 heavy (non-hydrogen) atoms. The molecule has 0 aromatic carbocycles. The molecule has 7 heteroatoms. The normalized spacial score (nSPS) is 19.4. The van der Waals surface area contributed by atoms with Crippen molar-refractivity contribution in [1.82, 2.24) is 15.3 Å². The highest BCUT2D eigenvalue weighted by molar-refractivity contribution is 5.83. The summed E-state index contributed by atoms with van der Waals surface area (Å²) in [5.41, 5.74) is 6.39. The number of rotatable bonds is 5.